The number of nitrogens with zero attached hydrogens (tertiary/aromatic N) is 1. The fraction of sp³-hybridized carbons (Fsp3) is 0.182. The van der Waals surface area contributed by atoms with Gasteiger partial charge in [-0.3, -0.25) is 0 Å². The molecule has 0 unspecified atom stereocenters. The van der Waals surface area contributed by atoms with Gasteiger partial charge in [-0.2, -0.15) is 0 Å². The topological polar surface area (TPSA) is 52.0 Å². The lowest BCUT2D eigenvalue weighted by atomic mass is 10.1. The van der Waals surface area contributed by atoms with E-state index >= 15 is 0 Å². The first kappa shape index (κ1) is 8.97. The number of hydrogen-bond donors (Lipinski definition) is 1. The fourth-order valence-corrected chi connectivity index (χ4v) is 1.33. The van der Waals surface area contributed by atoms with Crippen molar-refractivity contribution in [2.24, 2.45) is 5.73 Å². The van der Waals surface area contributed by atoms with E-state index in [9.17, 15) is 0 Å². The molecule has 3 heteroatoms. The van der Waals surface area contributed by atoms with Gasteiger partial charge in [0.05, 0.1) is 5.69 Å². The van der Waals surface area contributed by atoms with Crippen LogP contribution in [0, 0.1) is 0 Å². The normalized spacial score (nSPS) is 10.4. The minimum Gasteiger partial charge on any atom is -0.365 e. The number of aromatic nitrogens is 1. The smallest absolute Gasteiger partial charge is 0.124 e. The zero-order valence-corrected chi connectivity index (χ0v) is 7.81. The van der Waals surface area contributed by atoms with Crippen molar-refractivity contribution in [3.05, 3.63) is 53.4 Å². The average Bonchev–Trinajstić information content (AvgIpc) is 2.72. The van der Waals surface area contributed by atoms with Gasteiger partial charge in [0.1, 0.15) is 6.26 Å². The molecule has 0 radical (unpaired) electrons. The summed E-state index contributed by atoms with van der Waals surface area (Å²) < 4.78 is 4.76. The van der Waals surface area contributed by atoms with E-state index < -0.39 is 0 Å². The zero-order chi connectivity index (χ0) is 9.80. The number of benzene rings is 1. The van der Waals surface area contributed by atoms with E-state index in [4.69, 9.17) is 10.3 Å². The molecule has 1 aromatic heterocycles. The predicted molar refractivity (Wildman–Crippen MR) is 53.6 cm³/mol. The maximum Gasteiger partial charge on any atom is 0.124 e. The molecule has 0 aliphatic rings. The van der Waals surface area contributed by atoms with E-state index in [1.807, 2.05) is 18.2 Å². The van der Waals surface area contributed by atoms with Crippen molar-refractivity contribution in [1.82, 2.24) is 5.16 Å². The summed E-state index contributed by atoms with van der Waals surface area (Å²) in [6.45, 7) is 0.588. The van der Waals surface area contributed by atoms with E-state index in [0.717, 1.165) is 17.7 Å². The van der Waals surface area contributed by atoms with Crippen LogP contribution in [-0.4, -0.2) is 5.16 Å². The number of rotatable bonds is 3. The lowest BCUT2D eigenvalue weighted by Crippen LogP contribution is -1.96. The SMILES string of the molecule is NCc1ccc(Cc2ccon2)cc1. The van der Waals surface area contributed by atoms with Crippen molar-refractivity contribution >= 4 is 0 Å². The lowest BCUT2D eigenvalue weighted by Gasteiger charge is -1.99. The van der Waals surface area contributed by atoms with Crippen molar-refractivity contribution in [1.29, 1.82) is 0 Å². The molecule has 72 valence electrons. The maximum absolute atomic E-state index is 5.51. The zero-order valence-electron chi connectivity index (χ0n) is 7.81. The van der Waals surface area contributed by atoms with E-state index in [1.54, 1.807) is 6.26 Å². The Hall–Kier alpha value is -1.61. The molecule has 0 spiro atoms. The minimum absolute atomic E-state index is 0.588. The summed E-state index contributed by atoms with van der Waals surface area (Å²) in [5, 5.41) is 3.85. The molecule has 2 aromatic rings. The van der Waals surface area contributed by atoms with Crippen molar-refractivity contribution in [2.45, 2.75) is 13.0 Å². The quantitative estimate of drug-likeness (QED) is 0.798. The van der Waals surface area contributed by atoms with E-state index in [2.05, 4.69) is 17.3 Å². The van der Waals surface area contributed by atoms with E-state index in [1.165, 1.54) is 5.56 Å². The Kier molecular flexibility index (Phi) is 2.60. The number of hydrogen-bond acceptors (Lipinski definition) is 3. The van der Waals surface area contributed by atoms with Crippen LogP contribution in [0.25, 0.3) is 0 Å². The van der Waals surface area contributed by atoms with E-state index in [0.29, 0.717) is 6.54 Å². The molecule has 0 aliphatic carbocycles. The summed E-state index contributed by atoms with van der Waals surface area (Å²) in [5.74, 6) is 0. The first-order valence-corrected chi connectivity index (χ1v) is 4.55. The summed E-state index contributed by atoms with van der Waals surface area (Å²) >= 11 is 0. The average molecular weight is 188 g/mol. The second kappa shape index (κ2) is 4.07. The standard InChI is InChI=1S/C11H12N2O/c12-8-10-3-1-9(2-4-10)7-11-5-6-14-13-11/h1-6H,7-8,12H2. The number of nitrogens with two attached hydrogens (primary N) is 1. The molecular weight excluding hydrogens is 176 g/mol. The second-order valence-corrected chi connectivity index (χ2v) is 3.19. The summed E-state index contributed by atoms with van der Waals surface area (Å²) in [6.07, 6.45) is 2.39. The highest BCUT2D eigenvalue weighted by atomic mass is 16.5. The molecule has 0 saturated heterocycles. The largest absolute Gasteiger partial charge is 0.365 e. The Morgan fingerprint density at radius 2 is 1.79 bits per heavy atom. The van der Waals surface area contributed by atoms with Gasteiger partial charge in [-0.25, -0.2) is 0 Å². The Morgan fingerprint density at radius 1 is 1.07 bits per heavy atom. The van der Waals surface area contributed by atoms with Crippen molar-refractivity contribution in [3.63, 3.8) is 0 Å². The van der Waals surface area contributed by atoms with Gasteiger partial charge in [0.25, 0.3) is 0 Å². The molecule has 0 saturated carbocycles. The molecule has 14 heavy (non-hydrogen) atoms. The summed E-state index contributed by atoms with van der Waals surface area (Å²) in [7, 11) is 0. The molecule has 1 aromatic carbocycles. The Labute approximate surface area is 82.5 Å². The highest BCUT2D eigenvalue weighted by molar-refractivity contribution is 5.25. The van der Waals surface area contributed by atoms with Crippen LogP contribution in [-0.2, 0) is 13.0 Å². The third-order valence-electron chi connectivity index (χ3n) is 2.14. The molecule has 2 N–H and O–H groups in total. The third-order valence-corrected chi connectivity index (χ3v) is 2.14. The third kappa shape index (κ3) is 2.00. The van der Waals surface area contributed by atoms with Gasteiger partial charge in [0.2, 0.25) is 0 Å². The van der Waals surface area contributed by atoms with Gasteiger partial charge in [-0.05, 0) is 11.1 Å². The summed E-state index contributed by atoms with van der Waals surface area (Å²) in [4.78, 5) is 0. The molecule has 0 amide bonds. The van der Waals surface area contributed by atoms with Gasteiger partial charge in [0, 0.05) is 19.0 Å². The molecule has 1 heterocycles. The maximum atomic E-state index is 5.51. The van der Waals surface area contributed by atoms with Crippen LogP contribution in [0.3, 0.4) is 0 Å². The van der Waals surface area contributed by atoms with Crippen molar-refractivity contribution in [3.8, 4) is 0 Å². The molecule has 3 nitrogen and oxygen atoms in total. The van der Waals surface area contributed by atoms with Gasteiger partial charge >= 0.3 is 0 Å². The van der Waals surface area contributed by atoms with Gasteiger partial charge in [0.15, 0.2) is 0 Å². The highest BCUT2D eigenvalue weighted by Crippen LogP contribution is 2.08. The lowest BCUT2D eigenvalue weighted by molar-refractivity contribution is 0.413. The fourth-order valence-electron chi connectivity index (χ4n) is 1.33. The van der Waals surface area contributed by atoms with Crippen molar-refractivity contribution < 1.29 is 4.52 Å². The molecule has 0 bridgehead atoms. The molecule has 2 rings (SSSR count). The van der Waals surface area contributed by atoms with E-state index in [-0.39, 0.29) is 0 Å². The summed E-state index contributed by atoms with van der Waals surface area (Å²) in [6, 6.07) is 10.1. The Morgan fingerprint density at radius 3 is 2.36 bits per heavy atom. The molecule has 0 atom stereocenters. The molecule has 0 aliphatic heterocycles. The monoisotopic (exact) mass is 188 g/mol. The van der Waals surface area contributed by atoms with Crippen LogP contribution in [0.4, 0.5) is 0 Å². The van der Waals surface area contributed by atoms with Crippen LogP contribution >= 0.6 is 0 Å². The predicted octanol–water partition coefficient (Wildman–Crippen LogP) is 1.72. The van der Waals surface area contributed by atoms with Crippen LogP contribution in [0.2, 0.25) is 0 Å². The van der Waals surface area contributed by atoms with Gasteiger partial charge in [-0.1, -0.05) is 29.4 Å². The van der Waals surface area contributed by atoms with Crippen LogP contribution < -0.4 is 5.73 Å². The first-order chi connectivity index (χ1) is 6.88. The van der Waals surface area contributed by atoms with Crippen LogP contribution in [0.1, 0.15) is 16.8 Å². The van der Waals surface area contributed by atoms with Gasteiger partial charge in [-0.15, -0.1) is 0 Å². The van der Waals surface area contributed by atoms with Crippen LogP contribution in [0.5, 0.6) is 0 Å². The Bertz CT molecular complexity index is 378. The van der Waals surface area contributed by atoms with Crippen molar-refractivity contribution in [2.75, 3.05) is 0 Å². The minimum atomic E-state index is 0.588. The molecule has 0 fully saturated rings. The second-order valence-electron chi connectivity index (χ2n) is 3.19. The van der Waals surface area contributed by atoms with Crippen LogP contribution in [0.15, 0.2) is 41.1 Å². The molecular formula is C11H12N2O. The van der Waals surface area contributed by atoms with Gasteiger partial charge < -0.3 is 10.3 Å². The Balaban J connectivity index is 2.10. The highest BCUT2D eigenvalue weighted by Gasteiger charge is 1.98. The first-order valence-electron chi connectivity index (χ1n) is 4.55. The summed E-state index contributed by atoms with van der Waals surface area (Å²) in [5.41, 5.74) is 8.82.